The van der Waals surface area contributed by atoms with E-state index in [1.807, 2.05) is 6.07 Å². The van der Waals surface area contributed by atoms with Crippen molar-refractivity contribution in [2.24, 2.45) is 17.3 Å². The molecule has 3 aliphatic rings. The zero-order valence-corrected chi connectivity index (χ0v) is 17.7. The van der Waals surface area contributed by atoms with E-state index < -0.39 is 0 Å². The fourth-order valence-electron chi connectivity index (χ4n) is 6.95. The average Bonchev–Trinajstić information content (AvgIpc) is 2.99. The van der Waals surface area contributed by atoms with Crippen molar-refractivity contribution in [2.75, 3.05) is 13.7 Å². The molecule has 2 fully saturated rings. The van der Waals surface area contributed by atoms with Gasteiger partial charge in [0.25, 0.3) is 0 Å². The molecule has 3 heteroatoms. The molecule has 3 nitrogen and oxygen atoms in total. The zero-order valence-electron chi connectivity index (χ0n) is 17.7. The SMILES string of the molecule is COCCCCCC[C@@H]1C[C@H]2C3CC[C@H](O)[C@@]3(C)CC[C@@H]2c2ccc(O)cc21. The number of aliphatic hydroxyl groups is 1. The van der Waals surface area contributed by atoms with Crippen LogP contribution in [-0.4, -0.2) is 30.0 Å². The lowest BCUT2D eigenvalue weighted by Gasteiger charge is -2.51. The Balaban J connectivity index is 1.52. The number of aromatic hydroxyl groups is 1. The van der Waals surface area contributed by atoms with Gasteiger partial charge < -0.3 is 14.9 Å². The Kier molecular flexibility index (Phi) is 6.04. The third kappa shape index (κ3) is 3.61. The smallest absolute Gasteiger partial charge is 0.115 e. The zero-order chi connectivity index (χ0) is 19.7. The summed E-state index contributed by atoms with van der Waals surface area (Å²) in [4.78, 5) is 0. The molecule has 1 unspecified atom stereocenters. The van der Waals surface area contributed by atoms with Crippen molar-refractivity contribution >= 4 is 0 Å². The van der Waals surface area contributed by atoms with Gasteiger partial charge in [-0.3, -0.25) is 0 Å². The van der Waals surface area contributed by atoms with Crippen molar-refractivity contribution in [1.82, 2.24) is 0 Å². The number of rotatable bonds is 7. The van der Waals surface area contributed by atoms with E-state index in [0.717, 1.165) is 25.9 Å². The van der Waals surface area contributed by atoms with Crippen LogP contribution in [-0.2, 0) is 4.74 Å². The molecule has 0 heterocycles. The van der Waals surface area contributed by atoms with Crippen LogP contribution in [0.1, 0.15) is 94.1 Å². The van der Waals surface area contributed by atoms with Gasteiger partial charge in [-0.2, -0.15) is 0 Å². The molecule has 156 valence electrons. The third-order valence-corrected chi connectivity index (χ3v) is 8.50. The monoisotopic (exact) mass is 386 g/mol. The van der Waals surface area contributed by atoms with E-state index in [2.05, 4.69) is 19.1 Å². The van der Waals surface area contributed by atoms with Crippen molar-refractivity contribution in [3.05, 3.63) is 29.3 Å². The number of phenols is 1. The van der Waals surface area contributed by atoms with Crippen molar-refractivity contribution in [1.29, 1.82) is 0 Å². The molecule has 28 heavy (non-hydrogen) atoms. The van der Waals surface area contributed by atoms with Gasteiger partial charge in [0.05, 0.1) is 6.10 Å². The van der Waals surface area contributed by atoms with E-state index in [-0.39, 0.29) is 11.5 Å². The van der Waals surface area contributed by atoms with Gasteiger partial charge in [0.1, 0.15) is 5.75 Å². The maximum Gasteiger partial charge on any atom is 0.115 e. The first kappa shape index (κ1) is 20.2. The lowest BCUT2D eigenvalue weighted by molar-refractivity contribution is -0.0252. The van der Waals surface area contributed by atoms with E-state index in [9.17, 15) is 10.2 Å². The summed E-state index contributed by atoms with van der Waals surface area (Å²) in [7, 11) is 1.78. The minimum atomic E-state index is -0.112. The second-order valence-electron chi connectivity index (χ2n) is 9.96. The largest absolute Gasteiger partial charge is 0.508 e. The Bertz CT molecular complexity index is 672. The number of hydrogen-bond acceptors (Lipinski definition) is 3. The number of phenolic OH excluding ortho intramolecular Hbond substituents is 1. The molecule has 0 radical (unpaired) electrons. The lowest BCUT2D eigenvalue weighted by Crippen LogP contribution is -2.44. The van der Waals surface area contributed by atoms with Gasteiger partial charge >= 0.3 is 0 Å². The summed E-state index contributed by atoms with van der Waals surface area (Å²) in [5.41, 5.74) is 3.04. The van der Waals surface area contributed by atoms with Crippen LogP contribution in [0.25, 0.3) is 0 Å². The molecule has 0 aromatic heterocycles. The van der Waals surface area contributed by atoms with Crippen LogP contribution in [0.5, 0.6) is 5.75 Å². The van der Waals surface area contributed by atoms with Gasteiger partial charge in [0.15, 0.2) is 0 Å². The second-order valence-corrected chi connectivity index (χ2v) is 9.96. The summed E-state index contributed by atoms with van der Waals surface area (Å²) < 4.78 is 5.17. The minimum absolute atomic E-state index is 0.112. The van der Waals surface area contributed by atoms with E-state index in [1.165, 1.54) is 56.1 Å². The molecular formula is C25H38O3. The van der Waals surface area contributed by atoms with Crippen LogP contribution in [0.4, 0.5) is 0 Å². The first-order valence-corrected chi connectivity index (χ1v) is 11.5. The molecule has 2 saturated carbocycles. The van der Waals surface area contributed by atoms with Crippen molar-refractivity contribution in [3.63, 3.8) is 0 Å². The molecule has 6 atom stereocenters. The van der Waals surface area contributed by atoms with Crippen LogP contribution in [0.15, 0.2) is 18.2 Å². The fraction of sp³-hybridized carbons (Fsp3) is 0.760. The third-order valence-electron chi connectivity index (χ3n) is 8.50. The summed E-state index contributed by atoms with van der Waals surface area (Å²) in [6.45, 7) is 3.22. The predicted octanol–water partition coefficient (Wildman–Crippen LogP) is 5.75. The number of methoxy groups -OCH3 is 1. The number of fused-ring (bicyclic) bond motifs is 5. The summed E-state index contributed by atoms with van der Waals surface area (Å²) in [6, 6.07) is 6.15. The van der Waals surface area contributed by atoms with Crippen LogP contribution in [0, 0.1) is 17.3 Å². The van der Waals surface area contributed by atoms with E-state index in [4.69, 9.17) is 4.74 Å². The predicted molar refractivity (Wildman–Crippen MR) is 113 cm³/mol. The Morgan fingerprint density at radius 1 is 1.07 bits per heavy atom. The Hall–Kier alpha value is -1.06. The normalized spacial score (nSPS) is 36.6. The fourth-order valence-corrected chi connectivity index (χ4v) is 6.95. The first-order valence-electron chi connectivity index (χ1n) is 11.5. The van der Waals surface area contributed by atoms with Gasteiger partial charge in [0, 0.05) is 13.7 Å². The highest BCUT2D eigenvalue weighted by Gasteiger charge is 2.55. The van der Waals surface area contributed by atoms with Crippen molar-refractivity contribution in [3.8, 4) is 5.75 Å². The number of aliphatic hydroxyl groups excluding tert-OH is 1. The number of ether oxygens (including phenoxy) is 1. The van der Waals surface area contributed by atoms with Crippen LogP contribution in [0.3, 0.4) is 0 Å². The quantitative estimate of drug-likeness (QED) is 0.587. The topological polar surface area (TPSA) is 49.7 Å². The number of benzene rings is 1. The van der Waals surface area contributed by atoms with Crippen LogP contribution < -0.4 is 0 Å². The molecular weight excluding hydrogens is 348 g/mol. The Morgan fingerprint density at radius 3 is 2.71 bits per heavy atom. The number of unbranched alkanes of at least 4 members (excludes halogenated alkanes) is 3. The molecule has 2 N–H and O–H groups in total. The molecule has 0 spiro atoms. The highest BCUT2D eigenvalue weighted by Crippen LogP contribution is 2.62. The minimum Gasteiger partial charge on any atom is -0.508 e. The summed E-state index contributed by atoms with van der Waals surface area (Å²) >= 11 is 0. The van der Waals surface area contributed by atoms with Crippen molar-refractivity contribution in [2.45, 2.75) is 89.1 Å². The maximum absolute atomic E-state index is 10.7. The molecule has 0 saturated heterocycles. The molecule has 0 amide bonds. The molecule has 3 aliphatic carbocycles. The molecule has 1 aromatic rings. The lowest BCUT2D eigenvalue weighted by atomic mass is 9.53. The van der Waals surface area contributed by atoms with Gasteiger partial charge in [-0.05, 0) is 97.3 Å². The number of hydrogen-bond donors (Lipinski definition) is 2. The average molecular weight is 387 g/mol. The van der Waals surface area contributed by atoms with Gasteiger partial charge in [-0.25, -0.2) is 0 Å². The second kappa shape index (κ2) is 8.36. The van der Waals surface area contributed by atoms with Crippen LogP contribution in [0.2, 0.25) is 0 Å². The molecule has 4 rings (SSSR count). The summed E-state index contributed by atoms with van der Waals surface area (Å²) in [5.74, 6) is 2.96. The highest BCUT2D eigenvalue weighted by atomic mass is 16.5. The molecule has 0 aliphatic heterocycles. The van der Waals surface area contributed by atoms with Gasteiger partial charge in [0.2, 0.25) is 0 Å². The first-order chi connectivity index (χ1) is 13.5. The van der Waals surface area contributed by atoms with E-state index in [0.29, 0.717) is 29.4 Å². The molecule has 1 aromatic carbocycles. The maximum atomic E-state index is 10.7. The van der Waals surface area contributed by atoms with Crippen LogP contribution >= 0.6 is 0 Å². The Morgan fingerprint density at radius 2 is 1.89 bits per heavy atom. The standard InChI is InChI=1S/C25H38O3/c1-25-13-12-20-19-9-8-18(26)16-21(19)17(7-5-3-4-6-14-28-2)15-22(20)23(25)10-11-24(25)27/h8-9,16-17,20,22-24,26-27H,3-7,10-15H2,1-2H3/t17-,20-,22-,23?,24+,25+/m1/s1. The van der Waals surface area contributed by atoms with E-state index >= 15 is 0 Å². The van der Waals surface area contributed by atoms with E-state index in [1.54, 1.807) is 7.11 Å². The van der Waals surface area contributed by atoms with Gasteiger partial charge in [-0.15, -0.1) is 0 Å². The summed E-state index contributed by atoms with van der Waals surface area (Å²) in [6.07, 6.45) is 11.8. The van der Waals surface area contributed by atoms with Gasteiger partial charge in [-0.1, -0.05) is 32.3 Å². The summed E-state index contributed by atoms with van der Waals surface area (Å²) in [5, 5.41) is 20.8. The Labute approximate surface area is 170 Å². The van der Waals surface area contributed by atoms with Crippen molar-refractivity contribution < 1.29 is 14.9 Å². The highest BCUT2D eigenvalue weighted by molar-refractivity contribution is 5.42. The molecule has 0 bridgehead atoms.